The average Bonchev–Trinajstić information content (AvgIpc) is 3.55. The maximum atomic E-state index is 13.4. The number of carbonyl (C=O) groups is 3. The summed E-state index contributed by atoms with van der Waals surface area (Å²) >= 11 is 6.39. The summed E-state index contributed by atoms with van der Waals surface area (Å²) < 4.78 is 1.46. The van der Waals surface area contributed by atoms with Gasteiger partial charge in [-0.2, -0.15) is 5.10 Å². The van der Waals surface area contributed by atoms with Crippen LogP contribution in [-0.4, -0.2) is 51.8 Å². The minimum absolute atomic E-state index is 0.0845. The van der Waals surface area contributed by atoms with Crippen molar-refractivity contribution in [2.75, 3.05) is 11.9 Å². The molecule has 10 nitrogen and oxygen atoms in total. The van der Waals surface area contributed by atoms with Crippen molar-refractivity contribution in [2.24, 2.45) is 4.99 Å². The number of para-hydroxylation sites is 1. The molecule has 2 aromatic heterocycles. The highest BCUT2D eigenvalue weighted by atomic mass is 35.5. The number of rotatable bonds is 7. The Kier molecular flexibility index (Phi) is 6.96. The lowest BCUT2D eigenvalue weighted by Crippen LogP contribution is -2.36. The number of hydrogen-bond acceptors (Lipinski definition) is 6. The summed E-state index contributed by atoms with van der Waals surface area (Å²) in [5.41, 5.74) is 2.21. The van der Waals surface area contributed by atoms with Gasteiger partial charge in [-0.25, -0.2) is 14.7 Å². The van der Waals surface area contributed by atoms with E-state index in [1.165, 1.54) is 10.7 Å². The quantitative estimate of drug-likeness (QED) is 0.315. The molecular formula is C27H22ClN7O3. The van der Waals surface area contributed by atoms with Gasteiger partial charge in [0.15, 0.2) is 11.5 Å². The lowest BCUT2D eigenvalue weighted by molar-refractivity contribution is -0.119. The number of carbonyl (C=O) groups excluding carboxylic acids is 3. The molecule has 0 spiro atoms. The number of benzene rings is 2. The third-order valence-electron chi connectivity index (χ3n) is 5.90. The molecule has 11 heteroatoms. The summed E-state index contributed by atoms with van der Waals surface area (Å²) in [4.78, 5) is 46.0. The number of nitrogens with zero attached hydrogens (tertiary/aromatic N) is 4. The molecule has 1 aliphatic heterocycles. The Balaban J connectivity index is 1.45. The van der Waals surface area contributed by atoms with Gasteiger partial charge in [0.2, 0.25) is 5.91 Å². The van der Waals surface area contributed by atoms with Crippen molar-refractivity contribution in [2.45, 2.75) is 12.5 Å². The van der Waals surface area contributed by atoms with Crippen LogP contribution >= 0.6 is 11.6 Å². The maximum Gasteiger partial charge on any atom is 0.272 e. The average molecular weight is 528 g/mol. The number of hydrogen-bond donors (Lipinski definition) is 3. The van der Waals surface area contributed by atoms with Gasteiger partial charge in [0.25, 0.3) is 11.8 Å². The molecule has 3 amide bonds. The van der Waals surface area contributed by atoms with Gasteiger partial charge in [-0.3, -0.25) is 14.4 Å². The van der Waals surface area contributed by atoms with Crippen molar-refractivity contribution in [1.29, 1.82) is 0 Å². The zero-order valence-corrected chi connectivity index (χ0v) is 20.8. The van der Waals surface area contributed by atoms with Gasteiger partial charge >= 0.3 is 0 Å². The molecule has 2 aromatic carbocycles. The highest BCUT2D eigenvalue weighted by Gasteiger charge is 2.25. The van der Waals surface area contributed by atoms with Crippen LogP contribution in [0.1, 0.15) is 27.3 Å². The first kappa shape index (κ1) is 24.8. The normalized spacial score (nSPS) is 14.6. The largest absolute Gasteiger partial charge is 0.354 e. The molecule has 1 atom stereocenters. The van der Waals surface area contributed by atoms with Crippen LogP contribution in [0.15, 0.2) is 77.8 Å². The number of nitrogens with one attached hydrogen (secondary N) is 3. The first-order valence-corrected chi connectivity index (χ1v) is 12.1. The third kappa shape index (κ3) is 5.30. The van der Waals surface area contributed by atoms with Crippen molar-refractivity contribution in [1.82, 2.24) is 25.4 Å². The smallest absolute Gasteiger partial charge is 0.272 e. The number of aromatic nitrogens is 3. The lowest BCUT2D eigenvalue weighted by atomic mass is 10.1. The van der Waals surface area contributed by atoms with Crippen molar-refractivity contribution in [3.8, 4) is 16.9 Å². The molecule has 1 saturated heterocycles. The molecule has 38 heavy (non-hydrogen) atoms. The Morgan fingerprint density at radius 2 is 1.87 bits per heavy atom. The van der Waals surface area contributed by atoms with E-state index in [1.54, 1.807) is 48.5 Å². The Morgan fingerprint density at radius 3 is 2.61 bits per heavy atom. The second-order valence-corrected chi connectivity index (χ2v) is 8.94. The van der Waals surface area contributed by atoms with Crippen molar-refractivity contribution in [3.05, 3.63) is 89.1 Å². The van der Waals surface area contributed by atoms with E-state index in [9.17, 15) is 14.4 Å². The van der Waals surface area contributed by atoms with Gasteiger partial charge in [-0.05, 0) is 43.1 Å². The van der Waals surface area contributed by atoms with E-state index < -0.39 is 11.8 Å². The molecule has 1 aliphatic rings. The summed E-state index contributed by atoms with van der Waals surface area (Å²) in [6.07, 6.45) is 0.199. The molecule has 0 bridgehead atoms. The Morgan fingerprint density at radius 1 is 1.05 bits per heavy atom. The van der Waals surface area contributed by atoms with E-state index in [4.69, 9.17) is 11.6 Å². The number of aliphatic imine (C=N–C) groups is 1. The highest BCUT2D eigenvalue weighted by molar-refractivity contribution is 6.34. The zero-order valence-electron chi connectivity index (χ0n) is 20.0. The molecule has 4 aromatic rings. The Hall–Kier alpha value is -4.83. The Labute approximate surface area is 222 Å². The minimum Gasteiger partial charge on any atom is -0.354 e. The van der Waals surface area contributed by atoms with Crippen molar-refractivity contribution < 1.29 is 14.4 Å². The van der Waals surface area contributed by atoms with Crippen LogP contribution in [0.3, 0.4) is 0 Å². The molecule has 3 heterocycles. The fourth-order valence-electron chi connectivity index (χ4n) is 4.03. The van der Waals surface area contributed by atoms with Crippen LogP contribution in [-0.2, 0) is 4.79 Å². The molecular weight excluding hydrogens is 506 g/mol. The van der Waals surface area contributed by atoms with E-state index in [2.05, 4.69) is 37.7 Å². The molecule has 1 unspecified atom stereocenters. The van der Waals surface area contributed by atoms with E-state index in [0.29, 0.717) is 29.3 Å². The summed E-state index contributed by atoms with van der Waals surface area (Å²) in [5.74, 6) is -0.356. The second kappa shape index (κ2) is 10.7. The summed E-state index contributed by atoms with van der Waals surface area (Å²) in [6.45, 7) is 3.85. The van der Waals surface area contributed by atoms with Crippen LogP contribution in [0.4, 0.5) is 11.6 Å². The fraction of sp³-hybridized carbons (Fsp3) is 0.111. The van der Waals surface area contributed by atoms with Gasteiger partial charge in [0.1, 0.15) is 5.82 Å². The monoisotopic (exact) mass is 527 g/mol. The van der Waals surface area contributed by atoms with E-state index in [1.807, 2.05) is 18.2 Å². The van der Waals surface area contributed by atoms with E-state index in [0.717, 1.165) is 0 Å². The number of pyridine rings is 1. The van der Waals surface area contributed by atoms with Gasteiger partial charge in [-0.15, -0.1) is 0 Å². The van der Waals surface area contributed by atoms with Crippen LogP contribution in [0.5, 0.6) is 0 Å². The van der Waals surface area contributed by atoms with Gasteiger partial charge in [0.05, 0.1) is 28.0 Å². The van der Waals surface area contributed by atoms with E-state index >= 15 is 0 Å². The van der Waals surface area contributed by atoms with Gasteiger partial charge in [-0.1, -0.05) is 41.9 Å². The summed E-state index contributed by atoms with van der Waals surface area (Å²) in [6, 6.07) is 20.5. The fourth-order valence-corrected chi connectivity index (χ4v) is 4.23. The Bertz CT molecular complexity index is 1550. The van der Waals surface area contributed by atoms with Crippen molar-refractivity contribution >= 4 is 47.7 Å². The predicted octanol–water partition coefficient (Wildman–Crippen LogP) is 3.79. The number of amides is 3. The van der Waals surface area contributed by atoms with Crippen LogP contribution in [0, 0.1) is 0 Å². The topological polar surface area (TPSA) is 130 Å². The number of halogens is 1. The predicted molar refractivity (Wildman–Crippen MR) is 144 cm³/mol. The lowest BCUT2D eigenvalue weighted by Gasteiger charge is -2.11. The molecule has 0 saturated carbocycles. The van der Waals surface area contributed by atoms with Gasteiger partial charge < -0.3 is 16.0 Å². The summed E-state index contributed by atoms with van der Waals surface area (Å²) in [5, 5.41) is 13.0. The molecule has 5 rings (SSSR count). The minimum atomic E-state index is -0.496. The molecule has 0 radical (unpaired) electrons. The SMILES string of the molecule is C=Nc1cccc(-c2ccc(Cl)c(C(=O)Nc3cc(C(=O)NC4CNC(=O)C4)nn3-c3ccccc3)c2)n1. The molecule has 190 valence electrons. The van der Waals surface area contributed by atoms with Gasteiger partial charge in [0, 0.05) is 24.6 Å². The first-order valence-electron chi connectivity index (χ1n) is 11.7. The van der Waals surface area contributed by atoms with Crippen LogP contribution < -0.4 is 16.0 Å². The zero-order chi connectivity index (χ0) is 26.6. The standard InChI is InChI=1S/C27H22ClN7O3/c1-29-23-9-5-8-21(32-23)16-10-11-20(28)19(12-16)26(37)33-24-14-22(27(38)31-17-13-25(36)30-15-17)34-35(24)18-6-3-2-4-7-18/h2-12,14,17H,1,13,15H2,(H,30,36)(H,31,38)(H,33,37). The van der Waals surface area contributed by atoms with Crippen molar-refractivity contribution in [3.63, 3.8) is 0 Å². The molecule has 0 aliphatic carbocycles. The van der Waals surface area contributed by atoms with Crippen LogP contribution in [0.25, 0.3) is 16.9 Å². The summed E-state index contributed by atoms with van der Waals surface area (Å²) in [7, 11) is 0. The molecule has 1 fully saturated rings. The van der Waals surface area contributed by atoms with Crippen LogP contribution in [0.2, 0.25) is 5.02 Å². The maximum absolute atomic E-state index is 13.4. The highest BCUT2D eigenvalue weighted by Crippen LogP contribution is 2.27. The first-order chi connectivity index (χ1) is 18.4. The second-order valence-electron chi connectivity index (χ2n) is 8.53. The third-order valence-corrected chi connectivity index (χ3v) is 6.23. The molecule has 3 N–H and O–H groups in total. The van der Waals surface area contributed by atoms with E-state index in [-0.39, 0.29) is 40.5 Å². The number of anilines is 1.